The largest absolute Gasteiger partial charge is 0.353 e. The molecule has 1 aliphatic rings. The molecular weight excluding hydrogens is 410 g/mol. The van der Waals surface area contributed by atoms with Crippen molar-refractivity contribution >= 4 is 50.8 Å². The van der Waals surface area contributed by atoms with Gasteiger partial charge < -0.3 is 5.32 Å². The average molecular weight is 432 g/mol. The second-order valence-corrected chi connectivity index (χ2v) is 9.67. The number of aromatic nitrogens is 1. The van der Waals surface area contributed by atoms with Crippen LogP contribution in [0.15, 0.2) is 52.9 Å². The van der Waals surface area contributed by atoms with Crippen LogP contribution in [0, 0.1) is 0 Å². The molecule has 1 aliphatic heterocycles. The van der Waals surface area contributed by atoms with Crippen molar-refractivity contribution in [2.45, 2.75) is 29.8 Å². The summed E-state index contributed by atoms with van der Waals surface area (Å²) >= 11 is 9.11. The molecule has 0 aliphatic carbocycles. The van der Waals surface area contributed by atoms with Gasteiger partial charge in [-0.2, -0.15) is 0 Å². The van der Waals surface area contributed by atoms with Gasteiger partial charge in [0.15, 0.2) is 4.34 Å². The van der Waals surface area contributed by atoms with Crippen LogP contribution < -0.4 is 5.32 Å². The smallest absolute Gasteiger partial charge is 0.230 e. The highest BCUT2D eigenvalue weighted by Crippen LogP contribution is 2.29. The van der Waals surface area contributed by atoms with Gasteiger partial charge in [0.05, 0.1) is 16.0 Å². The van der Waals surface area contributed by atoms with Crippen LogP contribution in [0.3, 0.4) is 0 Å². The molecule has 1 N–H and O–H groups in total. The summed E-state index contributed by atoms with van der Waals surface area (Å²) in [6, 6.07) is 16.4. The molecule has 28 heavy (non-hydrogen) atoms. The molecule has 0 bridgehead atoms. The standard InChI is InChI=1S/C21H22ClN3OS2/c22-16-7-5-15(6-8-16)13-25-11-9-17(10-12-25)23-20(26)14-27-21-24-18-3-1-2-4-19(18)28-21/h1-8,17H,9-14H2,(H,23,26). The van der Waals surface area contributed by atoms with E-state index in [-0.39, 0.29) is 11.9 Å². The van der Waals surface area contributed by atoms with E-state index in [9.17, 15) is 4.79 Å². The van der Waals surface area contributed by atoms with E-state index in [0.717, 1.165) is 47.4 Å². The summed E-state index contributed by atoms with van der Waals surface area (Å²) in [7, 11) is 0. The summed E-state index contributed by atoms with van der Waals surface area (Å²) in [5.74, 6) is 0.519. The first-order chi connectivity index (χ1) is 13.7. The molecule has 0 spiro atoms. The number of amides is 1. The third-order valence-electron chi connectivity index (χ3n) is 4.87. The number of halogens is 1. The SMILES string of the molecule is O=C(CSc1nc2ccccc2s1)NC1CCN(Cc2ccc(Cl)cc2)CC1. The molecule has 1 saturated heterocycles. The van der Waals surface area contributed by atoms with Crippen LogP contribution in [-0.2, 0) is 11.3 Å². The van der Waals surface area contributed by atoms with Crippen LogP contribution >= 0.6 is 34.7 Å². The number of thioether (sulfide) groups is 1. The highest BCUT2D eigenvalue weighted by atomic mass is 35.5. The molecule has 1 aromatic heterocycles. The quantitative estimate of drug-likeness (QED) is 0.568. The molecule has 0 saturated carbocycles. The van der Waals surface area contributed by atoms with E-state index >= 15 is 0 Å². The van der Waals surface area contributed by atoms with Crippen molar-refractivity contribution in [2.75, 3.05) is 18.8 Å². The molecule has 146 valence electrons. The minimum Gasteiger partial charge on any atom is -0.353 e. The van der Waals surface area contributed by atoms with E-state index < -0.39 is 0 Å². The predicted octanol–water partition coefficient (Wildman–Crippen LogP) is 4.82. The van der Waals surface area contributed by atoms with Gasteiger partial charge in [0.1, 0.15) is 0 Å². The molecule has 1 fully saturated rings. The van der Waals surface area contributed by atoms with Crippen LogP contribution in [0.5, 0.6) is 0 Å². The minimum atomic E-state index is 0.0976. The van der Waals surface area contributed by atoms with Gasteiger partial charge in [-0.1, -0.05) is 47.6 Å². The zero-order valence-corrected chi connectivity index (χ0v) is 17.8. The van der Waals surface area contributed by atoms with Crippen molar-refractivity contribution < 1.29 is 4.79 Å². The fraction of sp³-hybridized carbons (Fsp3) is 0.333. The lowest BCUT2D eigenvalue weighted by molar-refractivity contribution is -0.119. The topological polar surface area (TPSA) is 45.2 Å². The maximum absolute atomic E-state index is 12.3. The van der Waals surface area contributed by atoms with Crippen LogP contribution in [0.2, 0.25) is 5.02 Å². The van der Waals surface area contributed by atoms with Crippen molar-refractivity contribution in [3.8, 4) is 0 Å². The molecule has 0 atom stereocenters. The van der Waals surface area contributed by atoms with Crippen LogP contribution in [-0.4, -0.2) is 40.7 Å². The molecule has 4 nitrogen and oxygen atoms in total. The summed E-state index contributed by atoms with van der Waals surface area (Å²) < 4.78 is 2.12. The average Bonchev–Trinajstić information content (AvgIpc) is 3.13. The molecule has 0 unspecified atom stereocenters. The lowest BCUT2D eigenvalue weighted by Gasteiger charge is -2.32. The number of para-hydroxylation sites is 1. The molecule has 2 aromatic carbocycles. The third-order valence-corrected chi connectivity index (χ3v) is 7.30. The van der Waals surface area contributed by atoms with Gasteiger partial charge in [-0.05, 0) is 42.7 Å². The van der Waals surface area contributed by atoms with E-state index in [1.165, 1.54) is 22.0 Å². The number of carbonyl (C=O) groups excluding carboxylic acids is 1. The number of piperidine rings is 1. The van der Waals surface area contributed by atoms with Gasteiger partial charge in [0.2, 0.25) is 5.91 Å². The Bertz CT molecular complexity index is 903. The number of fused-ring (bicyclic) bond motifs is 1. The molecule has 1 amide bonds. The van der Waals surface area contributed by atoms with Crippen molar-refractivity contribution in [1.82, 2.24) is 15.2 Å². The molecule has 2 heterocycles. The number of hydrogen-bond donors (Lipinski definition) is 1. The lowest BCUT2D eigenvalue weighted by Crippen LogP contribution is -2.44. The van der Waals surface area contributed by atoms with Gasteiger partial charge in [0.25, 0.3) is 0 Å². The summed E-state index contributed by atoms with van der Waals surface area (Å²) in [5.41, 5.74) is 2.28. The summed E-state index contributed by atoms with van der Waals surface area (Å²) in [4.78, 5) is 19.3. The lowest BCUT2D eigenvalue weighted by atomic mass is 10.0. The first kappa shape index (κ1) is 19.7. The number of carbonyl (C=O) groups is 1. The van der Waals surface area contributed by atoms with Crippen molar-refractivity contribution in [3.63, 3.8) is 0 Å². The summed E-state index contributed by atoms with van der Waals surface area (Å²) in [6.45, 7) is 2.93. The van der Waals surface area contributed by atoms with Gasteiger partial charge in [0, 0.05) is 30.7 Å². The number of nitrogens with zero attached hydrogens (tertiary/aromatic N) is 2. The fourth-order valence-corrected chi connectivity index (χ4v) is 5.40. The Kier molecular flexibility index (Phi) is 6.52. The van der Waals surface area contributed by atoms with E-state index in [1.54, 1.807) is 11.3 Å². The second kappa shape index (κ2) is 9.27. The van der Waals surface area contributed by atoms with Crippen molar-refractivity contribution in [3.05, 3.63) is 59.1 Å². The maximum atomic E-state index is 12.3. The van der Waals surface area contributed by atoms with Crippen LogP contribution in [0.4, 0.5) is 0 Å². The van der Waals surface area contributed by atoms with E-state index in [0.29, 0.717) is 5.75 Å². The number of rotatable bonds is 6. The third kappa shape index (κ3) is 5.26. The Morgan fingerprint density at radius 2 is 1.93 bits per heavy atom. The maximum Gasteiger partial charge on any atom is 0.230 e. The van der Waals surface area contributed by atoms with Gasteiger partial charge in [-0.25, -0.2) is 4.98 Å². The Morgan fingerprint density at radius 3 is 2.68 bits per heavy atom. The Balaban J connectivity index is 1.20. The van der Waals surface area contributed by atoms with Gasteiger partial charge in [-0.15, -0.1) is 11.3 Å². The Hall–Kier alpha value is -1.60. The first-order valence-electron chi connectivity index (χ1n) is 9.40. The molecule has 3 aromatic rings. The van der Waals surface area contributed by atoms with Gasteiger partial charge >= 0.3 is 0 Å². The second-order valence-electron chi connectivity index (χ2n) is 6.98. The van der Waals surface area contributed by atoms with Crippen molar-refractivity contribution in [1.29, 1.82) is 0 Å². The minimum absolute atomic E-state index is 0.0976. The highest BCUT2D eigenvalue weighted by molar-refractivity contribution is 8.01. The van der Waals surface area contributed by atoms with Crippen molar-refractivity contribution in [2.24, 2.45) is 0 Å². The highest BCUT2D eigenvalue weighted by Gasteiger charge is 2.21. The van der Waals surface area contributed by atoms with E-state index in [2.05, 4.69) is 33.4 Å². The molecular formula is C21H22ClN3OS2. The number of nitrogens with one attached hydrogen (secondary N) is 1. The molecule has 4 rings (SSSR count). The zero-order chi connectivity index (χ0) is 19.3. The normalized spacial score (nSPS) is 15.8. The van der Waals surface area contributed by atoms with Crippen LogP contribution in [0.25, 0.3) is 10.2 Å². The number of thiazole rings is 1. The summed E-state index contributed by atoms with van der Waals surface area (Å²) in [5, 5.41) is 3.96. The van der Waals surface area contributed by atoms with E-state index in [4.69, 9.17) is 11.6 Å². The summed E-state index contributed by atoms with van der Waals surface area (Å²) in [6.07, 6.45) is 1.98. The zero-order valence-electron chi connectivity index (χ0n) is 15.4. The monoisotopic (exact) mass is 431 g/mol. The number of hydrogen-bond acceptors (Lipinski definition) is 5. The molecule has 7 heteroatoms. The Labute approximate surface area is 178 Å². The number of likely N-dealkylation sites (tertiary alicyclic amines) is 1. The molecule has 0 radical (unpaired) electrons. The predicted molar refractivity (Wildman–Crippen MR) is 118 cm³/mol. The van der Waals surface area contributed by atoms with Crippen LogP contribution in [0.1, 0.15) is 18.4 Å². The van der Waals surface area contributed by atoms with Gasteiger partial charge in [-0.3, -0.25) is 9.69 Å². The first-order valence-corrected chi connectivity index (χ1v) is 11.6. The fourth-order valence-electron chi connectivity index (χ4n) is 3.39. The number of benzene rings is 2. The van der Waals surface area contributed by atoms with E-state index in [1.807, 2.05) is 30.3 Å². The Morgan fingerprint density at radius 1 is 1.18 bits per heavy atom.